The number of methoxy groups -OCH3 is 1. The van der Waals surface area contributed by atoms with Gasteiger partial charge in [0.25, 0.3) is 0 Å². The average molecular weight is 613 g/mol. The Balaban J connectivity index is 1.29. The van der Waals surface area contributed by atoms with Crippen LogP contribution in [0.4, 0.5) is 13.2 Å². The molecule has 3 aromatic carbocycles. The molecule has 2 atom stereocenters. The van der Waals surface area contributed by atoms with E-state index in [1.807, 2.05) is 10.6 Å². The second kappa shape index (κ2) is 12.4. The third-order valence-corrected chi connectivity index (χ3v) is 8.10. The Labute approximate surface area is 256 Å². The Kier molecular flexibility index (Phi) is 8.24. The molecule has 1 saturated carbocycles. The fourth-order valence-corrected chi connectivity index (χ4v) is 5.87. The summed E-state index contributed by atoms with van der Waals surface area (Å²) in [5, 5.41) is 18.5. The first kappa shape index (κ1) is 29.8. The zero-order chi connectivity index (χ0) is 31.7. The lowest BCUT2D eigenvalue weighted by Crippen LogP contribution is -2.22. The van der Waals surface area contributed by atoms with E-state index in [2.05, 4.69) is 4.98 Å². The van der Waals surface area contributed by atoms with Gasteiger partial charge in [-0.2, -0.15) is 5.26 Å². The van der Waals surface area contributed by atoms with Crippen molar-refractivity contribution >= 4 is 17.0 Å². The van der Waals surface area contributed by atoms with Gasteiger partial charge in [0.05, 0.1) is 46.1 Å². The molecule has 45 heavy (non-hydrogen) atoms. The summed E-state index contributed by atoms with van der Waals surface area (Å²) in [5.41, 5.74) is 1.75. The van der Waals surface area contributed by atoms with Crippen LogP contribution < -0.4 is 4.74 Å². The van der Waals surface area contributed by atoms with Crippen LogP contribution in [0.5, 0.6) is 5.88 Å². The van der Waals surface area contributed by atoms with Crippen molar-refractivity contribution in [2.24, 2.45) is 0 Å². The number of carboxylic acids is 1. The molecule has 1 aliphatic rings. The van der Waals surface area contributed by atoms with E-state index in [1.54, 1.807) is 25.3 Å². The molecule has 0 bridgehead atoms. The molecule has 0 unspecified atom stereocenters. The van der Waals surface area contributed by atoms with E-state index in [0.29, 0.717) is 16.9 Å². The van der Waals surface area contributed by atoms with Crippen LogP contribution in [0, 0.1) is 28.8 Å². The predicted molar refractivity (Wildman–Crippen MR) is 158 cm³/mol. The molecule has 0 aliphatic heterocycles. The van der Waals surface area contributed by atoms with Crippen molar-refractivity contribution in [2.45, 2.75) is 44.4 Å². The van der Waals surface area contributed by atoms with Gasteiger partial charge in [0.1, 0.15) is 29.9 Å². The summed E-state index contributed by atoms with van der Waals surface area (Å²) in [4.78, 5) is 20.7. The minimum absolute atomic E-state index is 0.0419. The van der Waals surface area contributed by atoms with Crippen LogP contribution in [0.3, 0.4) is 0 Å². The Bertz CT molecular complexity index is 1970. The van der Waals surface area contributed by atoms with Crippen LogP contribution in [0.25, 0.3) is 22.3 Å². The number of carbonyl (C=O) groups is 1. The van der Waals surface area contributed by atoms with Crippen molar-refractivity contribution in [1.29, 1.82) is 5.26 Å². The summed E-state index contributed by atoms with van der Waals surface area (Å²) in [6, 6.07) is 17.1. The van der Waals surface area contributed by atoms with E-state index in [1.165, 1.54) is 30.3 Å². The average Bonchev–Trinajstić information content (AvgIpc) is 3.65. The molecular formula is C34H27F3N4O4. The monoisotopic (exact) mass is 612 g/mol. The number of pyridine rings is 1. The molecule has 1 fully saturated rings. The third-order valence-electron chi connectivity index (χ3n) is 8.10. The van der Waals surface area contributed by atoms with Gasteiger partial charge in [-0.1, -0.05) is 12.1 Å². The van der Waals surface area contributed by atoms with Crippen LogP contribution in [-0.2, 0) is 17.8 Å². The maximum absolute atomic E-state index is 15.6. The van der Waals surface area contributed by atoms with Gasteiger partial charge in [-0.3, -0.25) is 0 Å². The number of rotatable bonds is 9. The summed E-state index contributed by atoms with van der Waals surface area (Å²) in [6.45, 7) is -0.177. The SMILES string of the molecule is CO[C@H]1CCC[C@@H]1n1c(Cc2cc(F)c(-c3cccc(OCc4ccc(C#N)cc4F)n3)cc2F)nc2ccc(C(=O)O)cc21. The third kappa shape index (κ3) is 5.97. The van der Waals surface area contributed by atoms with Crippen molar-refractivity contribution < 1.29 is 32.5 Å². The van der Waals surface area contributed by atoms with Gasteiger partial charge in [-0.15, -0.1) is 0 Å². The summed E-state index contributed by atoms with van der Waals surface area (Å²) >= 11 is 0. The minimum Gasteiger partial charge on any atom is -0.478 e. The number of imidazole rings is 1. The number of ether oxygens (including phenoxy) is 2. The molecule has 1 N–H and O–H groups in total. The van der Waals surface area contributed by atoms with Crippen molar-refractivity contribution in [2.75, 3.05) is 7.11 Å². The Morgan fingerprint density at radius 3 is 2.58 bits per heavy atom. The second-order valence-corrected chi connectivity index (χ2v) is 10.8. The molecule has 11 heteroatoms. The molecule has 0 spiro atoms. The number of nitriles is 1. The first-order valence-electron chi connectivity index (χ1n) is 14.3. The predicted octanol–water partition coefficient (Wildman–Crippen LogP) is 7.00. The summed E-state index contributed by atoms with van der Waals surface area (Å²) in [6.07, 6.45) is 2.31. The molecule has 1 aliphatic carbocycles. The molecule has 228 valence electrons. The van der Waals surface area contributed by atoms with E-state index < -0.39 is 23.4 Å². The lowest BCUT2D eigenvalue weighted by atomic mass is 10.0. The minimum atomic E-state index is -1.07. The standard InChI is InChI=1S/C34H27F3N4O4/c1-44-31-6-3-5-29(31)41-30-14-20(34(42)43)10-11-28(30)39-32(41)15-22-13-26(37)23(16-25(22)36)27-4-2-7-33(40-27)45-18-21-9-8-19(17-38)12-24(21)35/h2,4,7-14,16,29,31H,3,5-6,15,18H2,1H3,(H,42,43)/t29-,31-/m0/s1. The van der Waals surface area contributed by atoms with E-state index in [-0.39, 0.29) is 64.6 Å². The van der Waals surface area contributed by atoms with Crippen LogP contribution in [0.15, 0.2) is 66.7 Å². The van der Waals surface area contributed by atoms with E-state index in [4.69, 9.17) is 19.7 Å². The first-order valence-corrected chi connectivity index (χ1v) is 14.3. The molecule has 2 heterocycles. The molecule has 0 saturated heterocycles. The molecular weight excluding hydrogens is 585 g/mol. The normalized spacial score (nSPS) is 16.2. The highest BCUT2D eigenvalue weighted by atomic mass is 19.1. The number of hydrogen-bond acceptors (Lipinski definition) is 6. The highest BCUT2D eigenvalue weighted by Crippen LogP contribution is 2.37. The lowest BCUT2D eigenvalue weighted by molar-refractivity contribution is 0.0697. The number of nitrogens with zero attached hydrogens (tertiary/aromatic N) is 4. The van der Waals surface area contributed by atoms with Crippen LogP contribution >= 0.6 is 0 Å². The molecule has 0 amide bonds. The van der Waals surface area contributed by atoms with E-state index in [0.717, 1.165) is 37.5 Å². The number of halogens is 3. The summed E-state index contributed by atoms with van der Waals surface area (Å²) < 4.78 is 58.7. The number of hydrogen-bond donors (Lipinski definition) is 1. The van der Waals surface area contributed by atoms with E-state index >= 15 is 8.78 Å². The topological polar surface area (TPSA) is 110 Å². The fourth-order valence-electron chi connectivity index (χ4n) is 5.87. The quantitative estimate of drug-likeness (QED) is 0.191. The maximum atomic E-state index is 15.6. The highest BCUT2D eigenvalue weighted by Gasteiger charge is 2.32. The molecule has 2 aromatic heterocycles. The lowest BCUT2D eigenvalue weighted by Gasteiger charge is -2.23. The van der Waals surface area contributed by atoms with Crippen LogP contribution in [0.2, 0.25) is 0 Å². The highest BCUT2D eigenvalue weighted by molar-refractivity contribution is 5.92. The van der Waals surface area contributed by atoms with Crippen molar-refractivity contribution in [3.8, 4) is 23.2 Å². The largest absolute Gasteiger partial charge is 0.478 e. The molecule has 6 rings (SSSR count). The number of aromatic nitrogens is 3. The van der Waals surface area contributed by atoms with Crippen molar-refractivity contribution in [3.63, 3.8) is 0 Å². The van der Waals surface area contributed by atoms with Crippen LogP contribution in [-0.4, -0.2) is 38.8 Å². The zero-order valence-corrected chi connectivity index (χ0v) is 24.1. The maximum Gasteiger partial charge on any atom is 0.335 e. The Hall–Kier alpha value is -5.21. The van der Waals surface area contributed by atoms with E-state index in [9.17, 15) is 14.3 Å². The number of aromatic carboxylic acids is 1. The molecule has 0 radical (unpaired) electrons. The van der Waals surface area contributed by atoms with Gasteiger partial charge in [0, 0.05) is 30.7 Å². The van der Waals surface area contributed by atoms with Gasteiger partial charge < -0.3 is 19.1 Å². The number of fused-ring (bicyclic) bond motifs is 1. The number of carboxylic acid groups (broad SMARTS) is 1. The van der Waals surface area contributed by atoms with Gasteiger partial charge in [0.2, 0.25) is 5.88 Å². The summed E-state index contributed by atoms with van der Waals surface area (Å²) in [7, 11) is 1.62. The second-order valence-electron chi connectivity index (χ2n) is 10.8. The molecule has 8 nitrogen and oxygen atoms in total. The van der Waals surface area contributed by atoms with Gasteiger partial charge in [-0.25, -0.2) is 27.9 Å². The van der Waals surface area contributed by atoms with Crippen molar-refractivity contribution in [1.82, 2.24) is 14.5 Å². The van der Waals surface area contributed by atoms with Crippen LogP contribution in [0.1, 0.15) is 58.2 Å². The Morgan fingerprint density at radius 1 is 1.00 bits per heavy atom. The first-order chi connectivity index (χ1) is 21.7. The Morgan fingerprint density at radius 2 is 1.82 bits per heavy atom. The zero-order valence-electron chi connectivity index (χ0n) is 24.1. The van der Waals surface area contributed by atoms with Gasteiger partial charge in [0.15, 0.2) is 0 Å². The van der Waals surface area contributed by atoms with Gasteiger partial charge >= 0.3 is 5.97 Å². The smallest absolute Gasteiger partial charge is 0.335 e. The molecule has 5 aromatic rings. The van der Waals surface area contributed by atoms with Gasteiger partial charge in [-0.05, 0) is 73.4 Å². The summed E-state index contributed by atoms with van der Waals surface area (Å²) in [5.74, 6) is -2.50. The van der Waals surface area contributed by atoms with Crippen molar-refractivity contribution in [3.05, 3.63) is 112 Å². The number of benzene rings is 3. The fraction of sp³-hybridized carbons (Fsp3) is 0.235.